The van der Waals surface area contributed by atoms with Crippen LogP contribution in [0.5, 0.6) is 0 Å². The molecule has 0 bridgehead atoms. The summed E-state index contributed by atoms with van der Waals surface area (Å²) in [6, 6.07) is 0. The van der Waals surface area contributed by atoms with E-state index in [9.17, 15) is 9.59 Å². The van der Waals surface area contributed by atoms with Gasteiger partial charge in [-0.1, -0.05) is 0 Å². The Morgan fingerprint density at radius 1 is 1.36 bits per heavy atom. The average molecular weight is 199 g/mol. The van der Waals surface area contributed by atoms with Gasteiger partial charge in [-0.2, -0.15) is 0 Å². The van der Waals surface area contributed by atoms with Crippen LogP contribution in [0, 0.1) is 5.92 Å². The number of ether oxygens (including phenoxy) is 1. The van der Waals surface area contributed by atoms with E-state index in [0.717, 1.165) is 12.8 Å². The Morgan fingerprint density at radius 2 is 1.93 bits per heavy atom. The molecular formula is C10H17NO3. The van der Waals surface area contributed by atoms with Crippen LogP contribution in [0.1, 0.15) is 33.6 Å². The SMILES string of the molecule is CC(C)(C)OC(=O)CNC(=O)C1CC1. The molecule has 14 heavy (non-hydrogen) atoms. The van der Waals surface area contributed by atoms with Gasteiger partial charge in [-0.15, -0.1) is 0 Å². The lowest BCUT2D eigenvalue weighted by Crippen LogP contribution is -2.35. The Kier molecular flexibility index (Phi) is 3.13. The second-order valence-electron chi connectivity index (χ2n) is 4.58. The zero-order chi connectivity index (χ0) is 10.8. The predicted molar refractivity (Wildman–Crippen MR) is 51.6 cm³/mol. The third-order valence-corrected chi connectivity index (χ3v) is 1.78. The lowest BCUT2D eigenvalue weighted by atomic mass is 10.2. The summed E-state index contributed by atoms with van der Waals surface area (Å²) in [5.41, 5.74) is -0.485. The molecule has 80 valence electrons. The van der Waals surface area contributed by atoms with Crippen LogP contribution in [0.25, 0.3) is 0 Å². The van der Waals surface area contributed by atoms with Crippen molar-refractivity contribution in [2.24, 2.45) is 5.92 Å². The maximum absolute atomic E-state index is 11.2. The molecule has 0 unspecified atom stereocenters. The van der Waals surface area contributed by atoms with Crippen LogP contribution in [-0.4, -0.2) is 24.0 Å². The molecule has 0 heterocycles. The zero-order valence-electron chi connectivity index (χ0n) is 8.92. The highest BCUT2D eigenvalue weighted by Crippen LogP contribution is 2.28. The molecular weight excluding hydrogens is 182 g/mol. The van der Waals surface area contributed by atoms with Crippen LogP contribution in [0.4, 0.5) is 0 Å². The number of amides is 1. The minimum absolute atomic E-state index is 0.0212. The molecule has 1 fully saturated rings. The van der Waals surface area contributed by atoms with Gasteiger partial charge in [-0.05, 0) is 33.6 Å². The molecule has 4 nitrogen and oxygen atoms in total. The smallest absolute Gasteiger partial charge is 0.325 e. The van der Waals surface area contributed by atoms with Crippen molar-refractivity contribution in [1.29, 1.82) is 0 Å². The quantitative estimate of drug-likeness (QED) is 0.686. The summed E-state index contributed by atoms with van der Waals surface area (Å²) in [5, 5.41) is 2.55. The molecule has 0 saturated heterocycles. The van der Waals surface area contributed by atoms with E-state index in [-0.39, 0.29) is 24.3 Å². The van der Waals surface area contributed by atoms with Crippen LogP contribution < -0.4 is 5.32 Å². The van der Waals surface area contributed by atoms with E-state index in [0.29, 0.717) is 0 Å². The van der Waals surface area contributed by atoms with Crippen LogP contribution >= 0.6 is 0 Å². The highest BCUT2D eigenvalue weighted by molar-refractivity contribution is 5.85. The van der Waals surface area contributed by atoms with Gasteiger partial charge in [0.25, 0.3) is 0 Å². The third-order valence-electron chi connectivity index (χ3n) is 1.78. The molecule has 0 radical (unpaired) electrons. The Balaban J connectivity index is 2.17. The molecule has 1 aliphatic rings. The lowest BCUT2D eigenvalue weighted by molar-refractivity contribution is -0.154. The Bertz CT molecular complexity index is 238. The molecule has 4 heteroatoms. The van der Waals surface area contributed by atoms with Crippen LogP contribution in [0.3, 0.4) is 0 Å². The Labute approximate surface area is 84.0 Å². The topological polar surface area (TPSA) is 55.4 Å². The first-order valence-corrected chi connectivity index (χ1v) is 4.88. The first-order chi connectivity index (χ1) is 6.38. The molecule has 0 aromatic rings. The van der Waals surface area contributed by atoms with Crippen molar-refractivity contribution in [2.45, 2.75) is 39.2 Å². The number of rotatable bonds is 3. The fraction of sp³-hybridized carbons (Fsp3) is 0.800. The summed E-state index contributed by atoms with van der Waals surface area (Å²) in [4.78, 5) is 22.3. The van der Waals surface area contributed by atoms with Gasteiger partial charge >= 0.3 is 5.97 Å². The molecule has 1 N–H and O–H groups in total. The summed E-state index contributed by atoms with van der Waals surface area (Å²) >= 11 is 0. The zero-order valence-corrected chi connectivity index (χ0v) is 8.92. The van der Waals surface area contributed by atoms with Gasteiger partial charge in [0.15, 0.2) is 0 Å². The monoisotopic (exact) mass is 199 g/mol. The molecule has 1 amide bonds. The van der Waals surface area contributed by atoms with Crippen LogP contribution in [-0.2, 0) is 14.3 Å². The van der Waals surface area contributed by atoms with E-state index in [1.54, 1.807) is 20.8 Å². The number of carbonyl (C=O) groups is 2. The number of nitrogens with one attached hydrogen (secondary N) is 1. The second kappa shape index (κ2) is 3.98. The standard InChI is InChI=1S/C10H17NO3/c1-10(2,3)14-8(12)6-11-9(13)7-4-5-7/h7H,4-6H2,1-3H3,(H,11,13). The molecule has 1 rings (SSSR count). The van der Waals surface area contributed by atoms with Crippen molar-refractivity contribution < 1.29 is 14.3 Å². The minimum atomic E-state index is -0.485. The highest BCUT2D eigenvalue weighted by Gasteiger charge is 2.29. The Hall–Kier alpha value is -1.06. The number of esters is 1. The van der Waals surface area contributed by atoms with Crippen LogP contribution in [0.2, 0.25) is 0 Å². The lowest BCUT2D eigenvalue weighted by Gasteiger charge is -2.19. The summed E-state index contributed by atoms with van der Waals surface area (Å²) in [6.07, 6.45) is 1.89. The van der Waals surface area contributed by atoms with E-state index in [4.69, 9.17) is 4.74 Å². The van der Waals surface area contributed by atoms with Gasteiger partial charge in [0, 0.05) is 5.92 Å². The van der Waals surface area contributed by atoms with Gasteiger partial charge in [0.05, 0.1) is 0 Å². The van der Waals surface area contributed by atoms with Crippen molar-refractivity contribution in [3.63, 3.8) is 0 Å². The maximum atomic E-state index is 11.2. The van der Waals surface area contributed by atoms with Gasteiger partial charge in [0.1, 0.15) is 12.1 Å². The average Bonchev–Trinajstić information content (AvgIpc) is 2.78. The van der Waals surface area contributed by atoms with Gasteiger partial charge in [-0.3, -0.25) is 9.59 Å². The predicted octanol–water partition coefficient (Wildman–Crippen LogP) is 0.854. The number of hydrogen-bond donors (Lipinski definition) is 1. The van der Waals surface area contributed by atoms with Crippen LogP contribution in [0.15, 0.2) is 0 Å². The third kappa shape index (κ3) is 4.25. The molecule has 0 atom stereocenters. The van der Waals surface area contributed by atoms with Gasteiger partial charge in [-0.25, -0.2) is 0 Å². The van der Waals surface area contributed by atoms with Gasteiger partial charge < -0.3 is 10.1 Å². The summed E-state index contributed by atoms with van der Waals surface area (Å²) in [7, 11) is 0. The molecule has 0 aromatic heterocycles. The van der Waals surface area contributed by atoms with Crippen molar-refractivity contribution in [3.8, 4) is 0 Å². The summed E-state index contributed by atoms with van der Waals surface area (Å²) in [5.74, 6) is -0.278. The van der Waals surface area contributed by atoms with E-state index >= 15 is 0 Å². The highest BCUT2D eigenvalue weighted by atomic mass is 16.6. The molecule has 0 aromatic carbocycles. The van der Waals surface area contributed by atoms with Crippen molar-refractivity contribution in [1.82, 2.24) is 5.32 Å². The fourth-order valence-electron chi connectivity index (χ4n) is 1.03. The molecule has 0 aliphatic heterocycles. The molecule has 1 saturated carbocycles. The fourth-order valence-corrected chi connectivity index (χ4v) is 1.03. The van der Waals surface area contributed by atoms with Crippen molar-refractivity contribution >= 4 is 11.9 Å². The first-order valence-electron chi connectivity index (χ1n) is 4.88. The number of carbonyl (C=O) groups excluding carboxylic acids is 2. The second-order valence-corrected chi connectivity index (χ2v) is 4.58. The largest absolute Gasteiger partial charge is 0.459 e. The molecule has 0 spiro atoms. The maximum Gasteiger partial charge on any atom is 0.325 e. The summed E-state index contributed by atoms with van der Waals surface area (Å²) < 4.78 is 5.03. The van der Waals surface area contributed by atoms with Gasteiger partial charge in [0.2, 0.25) is 5.91 Å². The Morgan fingerprint density at radius 3 is 2.36 bits per heavy atom. The van der Waals surface area contributed by atoms with E-state index in [1.807, 2.05) is 0 Å². The van der Waals surface area contributed by atoms with E-state index < -0.39 is 5.60 Å². The van der Waals surface area contributed by atoms with Crippen molar-refractivity contribution in [3.05, 3.63) is 0 Å². The first kappa shape index (κ1) is 11.0. The van der Waals surface area contributed by atoms with E-state index in [1.165, 1.54) is 0 Å². The minimum Gasteiger partial charge on any atom is -0.459 e. The normalized spacial score (nSPS) is 16.2. The summed E-state index contributed by atoms with van der Waals surface area (Å²) in [6.45, 7) is 5.38. The van der Waals surface area contributed by atoms with E-state index in [2.05, 4.69) is 5.32 Å². The molecule has 1 aliphatic carbocycles. The van der Waals surface area contributed by atoms with Crippen molar-refractivity contribution in [2.75, 3.05) is 6.54 Å². The number of hydrogen-bond acceptors (Lipinski definition) is 3.